The molecule has 1 fully saturated rings. The topological polar surface area (TPSA) is 97.4 Å². The minimum atomic E-state index is -0.977. The Kier molecular flexibility index (Phi) is 9.71. The van der Waals surface area contributed by atoms with Crippen LogP contribution in [0.5, 0.6) is 0 Å². The van der Waals surface area contributed by atoms with Gasteiger partial charge in [0.2, 0.25) is 0 Å². The van der Waals surface area contributed by atoms with Gasteiger partial charge in [0.15, 0.2) is 12.2 Å². The van der Waals surface area contributed by atoms with Gasteiger partial charge in [-0.15, -0.1) is 0 Å². The quantitative estimate of drug-likeness (QED) is 0.374. The number of hydrogen-bond acceptors (Lipinski definition) is 9. The average molecular weight is 503 g/mol. The first kappa shape index (κ1) is 26.7. The lowest BCUT2D eigenvalue weighted by atomic mass is 9.99. The monoisotopic (exact) mass is 502 g/mol. The van der Waals surface area contributed by atoms with Crippen LogP contribution in [0.3, 0.4) is 0 Å². The van der Waals surface area contributed by atoms with Crippen LogP contribution in [0.15, 0.2) is 59.5 Å². The third-order valence-corrected chi connectivity index (χ3v) is 6.36. The maximum atomic E-state index is 12.1. The number of rotatable bonds is 9. The first-order chi connectivity index (χ1) is 16.7. The van der Waals surface area contributed by atoms with Gasteiger partial charge < -0.3 is 23.7 Å². The Hall–Kier alpha value is -2.88. The molecule has 35 heavy (non-hydrogen) atoms. The summed E-state index contributed by atoms with van der Waals surface area (Å²) in [6.45, 7) is 5.87. The number of carbonyl (C=O) groups is 3. The molecule has 0 N–H and O–H groups in total. The van der Waals surface area contributed by atoms with Gasteiger partial charge in [-0.2, -0.15) is 0 Å². The van der Waals surface area contributed by atoms with Crippen molar-refractivity contribution < 1.29 is 38.1 Å². The van der Waals surface area contributed by atoms with E-state index in [0.717, 1.165) is 16.0 Å². The van der Waals surface area contributed by atoms with Crippen LogP contribution in [0, 0.1) is 6.92 Å². The summed E-state index contributed by atoms with van der Waals surface area (Å²) in [4.78, 5) is 36.5. The highest BCUT2D eigenvalue weighted by atomic mass is 32.2. The van der Waals surface area contributed by atoms with E-state index in [-0.39, 0.29) is 13.2 Å². The van der Waals surface area contributed by atoms with E-state index in [2.05, 4.69) is 0 Å². The summed E-state index contributed by atoms with van der Waals surface area (Å²) in [5, 5.41) is 0. The van der Waals surface area contributed by atoms with Crippen LogP contribution in [-0.2, 0) is 44.7 Å². The molecule has 0 aromatic heterocycles. The van der Waals surface area contributed by atoms with Gasteiger partial charge in [-0.1, -0.05) is 59.8 Å². The highest BCUT2D eigenvalue weighted by molar-refractivity contribution is 7.99. The maximum Gasteiger partial charge on any atom is 0.303 e. The maximum absolute atomic E-state index is 12.1. The lowest BCUT2D eigenvalue weighted by Crippen LogP contribution is -2.61. The van der Waals surface area contributed by atoms with Crippen molar-refractivity contribution in [3.63, 3.8) is 0 Å². The second-order valence-electron chi connectivity index (χ2n) is 8.19. The largest absolute Gasteiger partial charge is 0.463 e. The molecule has 2 aromatic carbocycles. The molecule has 8 nitrogen and oxygen atoms in total. The van der Waals surface area contributed by atoms with Crippen molar-refractivity contribution in [3.05, 3.63) is 65.7 Å². The summed E-state index contributed by atoms with van der Waals surface area (Å²) >= 11 is 1.35. The number of esters is 3. The van der Waals surface area contributed by atoms with Crippen LogP contribution < -0.4 is 0 Å². The van der Waals surface area contributed by atoms with Gasteiger partial charge in [0.05, 0.1) is 6.61 Å². The van der Waals surface area contributed by atoms with Gasteiger partial charge in [-0.05, 0) is 24.6 Å². The molecule has 0 radical (unpaired) electrons. The number of benzene rings is 2. The first-order valence-corrected chi connectivity index (χ1v) is 12.1. The molecule has 5 atom stereocenters. The number of carbonyl (C=O) groups excluding carboxylic acids is 3. The van der Waals surface area contributed by atoms with Crippen molar-refractivity contribution in [2.24, 2.45) is 0 Å². The van der Waals surface area contributed by atoms with Gasteiger partial charge in [0, 0.05) is 25.7 Å². The van der Waals surface area contributed by atoms with Crippen LogP contribution in [0.4, 0.5) is 0 Å². The zero-order valence-corrected chi connectivity index (χ0v) is 21.0. The molecule has 0 bridgehead atoms. The Morgan fingerprint density at radius 2 is 1.46 bits per heavy atom. The van der Waals surface area contributed by atoms with Crippen LogP contribution in [0.25, 0.3) is 0 Å². The Morgan fingerprint density at radius 3 is 2.06 bits per heavy atom. The van der Waals surface area contributed by atoms with E-state index in [1.165, 1.54) is 32.5 Å². The molecular weight excluding hydrogens is 472 g/mol. The predicted octanol–water partition coefficient (Wildman–Crippen LogP) is 3.82. The minimum Gasteiger partial charge on any atom is -0.463 e. The van der Waals surface area contributed by atoms with Crippen molar-refractivity contribution in [1.82, 2.24) is 0 Å². The molecule has 1 heterocycles. The molecule has 9 heteroatoms. The average Bonchev–Trinajstić information content (AvgIpc) is 2.80. The summed E-state index contributed by atoms with van der Waals surface area (Å²) in [6.07, 6.45) is -3.59. The lowest BCUT2D eigenvalue weighted by Gasteiger charge is -2.44. The summed E-state index contributed by atoms with van der Waals surface area (Å²) in [5.41, 5.74) is 1.28. The zero-order valence-electron chi connectivity index (χ0n) is 20.2. The normalized spacial score (nSPS) is 23.8. The Bertz CT molecular complexity index is 994. The van der Waals surface area contributed by atoms with Crippen LogP contribution in [0.2, 0.25) is 0 Å². The van der Waals surface area contributed by atoms with Crippen LogP contribution in [0.1, 0.15) is 31.9 Å². The molecule has 2 aromatic rings. The molecule has 0 amide bonds. The molecule has 0 unspecified atom stereocenters. The van der Waals surface area contributed by atoms with Crippen molar-refractivity contribution >= 4 is 29.7 Å². The molecule has 188 valence electrons. The minimum absolute atomic E-state index is 0.157. The molecular formula is C26H30O8S. The Balaban J connectivity index is 1.95. The summed E-state index contributed by atoms with van der Waals surface area (Å²) in [6, 6.07) is 17.3. The van der Waals surface area contributed by atoms with Crippen molar-refractivity contribution in [2.75, 3.05) is 6.61 Å². The van der Waals surface area contributed by atoms with E-state index in [1.54, 1.807) is 0 Å². The van der Waals surface area contributed by atoms with Gasteiger partial charge in [-0.25, -0.2) is 0 Å². The molecule has 0 spiro atoms. The van der Waals surface area contributed by atoms with Crippen molar-refractivity contribution in [2.45, 2.75) is 69.0 Å². The molecule has 1 aliphatic heterocycles. The second-order valence-corrected chi connectivity index (χ2v) is 9.36. The fraction of sp³-hybridized carbons (Fsp3) is 0.423. The molecule has 1 aliphatic rings. The predicted molar refractivity (Wildman–Crippen MR) is 128 cm³/mol. The third-order valence-electron chi connectivity index (χ3n) is 5.20. The number of ether oxygens (including phenoxy) is 5. The second kappa shape index (κ2) is 12.7. The van der Waals surface area contributed by atoms with Gasteiger partial charge in [0.25, 0.3) is 0 Å². The zero-order chi connectivity index (χ0) is 25.4. The first-order valence-electron chi connectivity index (χ1n) is 11.2. The summed E-state index contributed by atoms with van der Waals surface area (Å²) < 4.78 is 28.9. The Morgan fingerprint density at radius 1 is 0.829 bits per heavy atom. The number of aryl methyl sites for hydroxylation is 1. The van der Waals surface area contributed by atoms with Crippen LogP contribution in [-0.4, -0.2) is 54.4 Å². The summed E-state index contributed by atoms with van der Waals surface area (Å²) in [7, 11) is 0. The van der Waals surface area contributed by atoms with Crippen molar-refractivity contribution in [1.29, 1.82) is 0 Å². The highest BCUT2D eigenvalue weighted by Crippen LogP contribution is 2.37. The molecule has 0 aliphatic carbocycles. The lowest BCUT2D eigenvalue weighted by molar-refractivity contribution is -0.241. The van der Waals surface area contributed by atoms with Gasteiger partial charge in [-0.3, -0.25) is 14.4 Å². The van der Waals surface area contributed by atoms with Crippen LogP contribution >= 0.6 is 11.8 Å². The van der Waals surface area contributed by atoms with Gasteiger partial charge in [0.1, 0.15) is 24.3 Å². The standard InChI is InChI=1S/C26H30O8S/c1-16-10-12-21(13-11-16)35-26-25(33-19(4)29)24(31-14-20-8-6-5-7-9-20)23(32-18(3)28)22(34-26)15-30-17(2)27/h5-13,22-26H,14-15H2,1-4H3/t22-,23-,24+,25-,26+/m1/s1. The SMILES string of the molecule is CC(=O)OC[C@H]1O[C@@H](Sc2ccc(C)cc2)[C@H](OC(C)=O)[C@@H](OCc2ccccc2)[C@@H]1OC(C)=O. The fourth-order valence-corrected chi connectivity index (χ4v) is 4.77. The Labute approximate surface area is 209 Å². The smallest absolute Gasteiger partial charge is 0.303 e. The van der Waals surface area contributed by atoms with E-state index in [4.69, 9.17) is 23.7 Å². The van der Waals surface area contributed by atoms with E-state index < -0.39 is 47.8 Å². The van der Waals surface area contributed by atoms with E-state index in [9.17, 15) is 14.4 Å². The van der Waals surface area contributed by atoms with Crippen molar-refractivity contribution in [3.8, 4) is 0 Å². The highest BCUT2D eigenvalue weighted by Gasteiger charge is 2.51. The molecule has 0 saturated carbocycles. The fourth-order valence-electron chi connectivity index (χ4n) is 3.67. The van der Waals surface area contributed by atoms with E-state index in [1.807, 2.05) is 61.5 Å². The molecule has 3 rings (SSSR count). The van der Waals surface area contributed by atoms with Gasteiger partial charge >= 0.3 is 17.9 Å². The third kappa shape index (κ3) is 8.09. The van der Waals surface area contributed by atoms with E-state index >= 15 is 0 Å². The summed E-state index contributed by atoms with van der Waals surface area (Å²) in [5.74, 6) is -1.59. The molecule has 1 saturated heterocycles. The number of thioether (sulfide) groups is 1. The number of hydrogen-bond donors (Lipinski definition) is 0. The van der Waals surface area contributed by atoms with E-state index in [0.29, 0.717) is 0 Å².